The van der Waals surface area contributed by atoms with Gasteiger partial charge in [0.15, 0.2) is 0 Å². The first-order valence-corrected chi connectivity index (χ1v) is 9.63. The molecular formula is C17H16Br2Cl2. The van der Waals surface area contributed by atoms with Crippen LogP contribution in [0.25, 0.3) is 0 Å². The van der Waals surface area contributed by atoms with Crippen LogP contribution in [0.2, 0.25) is 10.0 Å². The van der Waals surface area contributed by atoms with Gasteiger partial charge in [0, 0.05) is 16.1 Å². The molecule has 0 nitrogen and oxygen atoms in total. The molecule has 0 saturated carbocycles. The third-order valence-electron chi connectivity index (χ3n) is 3.70. The van der Waals surface area contributed by atoms with Gasteiger partial charge in [-0.25, -0.2) is 0 Å². The number of hydrogen-bond donors (Lipinski definition) is 0. The summed E-state index contributed by atoms with van der Waals surface area (Å²) in [7, 11) is 0. The van der Waals surface area contributed by atoms with Gasteiger partial charge in [0.1, 0.15) is 0 Å². The van der Waals surface area contributed by atoms with Crippen molar-refractivity contribution < 1.29 is 0 Å². The molecule has 0 N–H and O–H groups in total. The lowest BCUT2D eigenvalue weighted by atomic mass is 9.79. The molecule has 0 bridgehead atoms. The number of alkyl halides is 2. The molecular weight excluding hydrogens is 435 g/mol. The van der Waals surface area contributed by atoms with Crippen LogP contribution in [0.4, 0.5) is 0 Å². The normalized spacial score (nSPS) is 11.7. The molecule has 4 heteroatoms. The Bertz CT molecular complexity index is 605. The fraction of sp³-hybridized carbons (Fsp3) is 0.294. The summed E-state index contributed by atoms with van der Waals surface area (Å²) in [5.74, 6) is 0. The number of halogens is 4. The predicted molar refractivity (Wildman–Crippen MR) is 101 cm³/mol. The van der Waals surface area contributed by atoms with E-state index in [1.54, 1.807) is 0 Å². The Balaban J connectivity index is 2.37. The van der Waals surface area contributed by atoms with Crippen LogP contribution in [0.1, 0.15) is 16.7 Å². The molecule has 0 amide bonds. The molecule has 0 radical (unpaired) electrons. The smallest absolute Gasteiger partial charge is 0.0595 e. The Morgan fingerprint density at radius 1 is 0.905 bits per heavy atom. The largest absolute Gasteiger partial charge is 0.0918 e. The first-order chi connectivity index (χ1) is 10.0. The summed E-state index contributed by atoms with van der Waals surface area (Å²) in [6, 6.07) is 14.6. The fourth-order valence-corrected chi connectivity index (χ4v) is 4.63. The molecule has 2 aromatic rings. The second-order valence-electron chi connectivity index (χ2n) is 5.34. The maximum atomic E-state index is 6.14. The minimum absolute atomic E-state index is 0.00907. The second kappa shape index (κ2) is 7.50. The Kier molecular flexibility index (Phi) is 6.19. The maximum absolute atomic E-state index is 6.14. The topological polar surface area (TPSA) is 0 Å². The number of rotatable bonds is 5. The molecule has 0 saturated heterocycles. The molecule has 21 heavy (non-hydrogen) atoms. The Morgan fingerprint density at radius 3 is 2.05 bits per heavy atom. The summed E-state index contributed by atoms with van der Waals surface area (Å²) < 4.78 is 0. The van der Waals surface area contributed by atoms with Gasteiger partial charge in [-0.1, -0.05) is 91.0 Å². The van der Waals surface area contributed by atoms with Crippen molar-refractivity contribution in [2.45, 2.75) is 18.8 Å². The van der Waals surface area contributed by atoms with Crippen LogP contribution < -0.4 is 0 Å². The first-order valence-electron chi connectivity index (χ1n) is 6.64. The van der Waals surface area contributed by atoms with Crippen LogP contribution >= 0.6 is 55.1 Å². The van der Waals surface area contributed by atoms with Crippen LogP contribution in [0.3, 0.4) is 0 Å². The summed E-state index contributed by atoms with van der Waals surface area (Å²) >= 11 is 19.5. The van der Waals surface area contributed by atoms with Crippen LogP contribution in [-0.4, -0.2) is 10.7 Å². The third kappa shape index (κ3) is 4.04. The van der Waals surface area contributed by atoms with E-state index in [4.69, 9.17) is 23.2 Å². The van der Waals surface area contributed by atoms with Crippen LogP contribution in [-0.2, 0) is 11.8 Å². The second-order valence-corrected chi connectivity index (χ2v) is 7.27. The van der Waals surface area contributed by atoms with Crippen molar-refractivity contribution in [2.75, 3.05) is 10.7 Å². The monoisotopic (exact) mass is 448 g/mol. The molecule has 0 atom stereocenters. The van der Waals surface area contributed by atoms with E-state index in [0.29, 0.717) is 10.0 Å². The minimum Gasteiger partial charge on any atom is -0.0918 e. The van der Waals surface area contributed by atoms with E-state index >= 15 is 0 Å². The van der Waals surface area contributed by atoms with E-state index in [1.807, 2.05) is 18.2 Å². The summed E-state index contributed by atoms with van der Waals surface area (Å²) in [5, 5.41) is 2.94. The molecule has 0 aliphatic heterocycles. The van der Waals surface area contributed by atoms with Crippen molar-refractivity contribution in [1.82, 2.24) is 0 Å². The van der Waals surface area contributed by atoms with Gasteiger partial charge in [0.2, 0.25) is 0 Å². The molecule has 0 fully saturated rings. The zero-order valence-electron chi connectivity index (χ0n) is 11.7. The number of hydrogen-bond acceptors (Lipinski definition) is 0. The standard InChI is InChI=1S/C17H16Br2Cl2/c1-12-2-5-14(6-3-12)17(10-18,11-19)9-13-4-7-15(20)16(21)8-13/h2-8H,9-11H2,1H3. The van der Waals surface area contributed by atoms with Gasteiger partial charge in [-0.2, -0.15) is 0 Å². The highest BCUT2D eigenvalue weighted by atomic mass is 79.9. The van der Waals surface area contributed by atoms with E-state index in [9.17, 15) is 0 Å². The molecule has 0 heterocycles. The van der Waals surface area contributed by atoms with E-state index in [1.165, 1.54) is 16.7 Å². The van der Waals surface area contributed by atoms with Crippen molar-refractivity contribution in [3.8, 4) is 0 Å². The van der Waals surface area contributed by atoms with Gasteiger partial charge >= 0.3 is 0 Å². The van der Waals surface area contributed by atoms with Crippen molar-refractivity contribution >= 4 is 55.1 Å². The molecule has 0 unspecified atom stereocenters. The van der Waals surface area contributed by atoms with E-state index in [-0.39, 0.29) is 5.41 Å². The summed E-state index contributed by atoms with van der Waals surface area (Å²) in [5.41, 5.74) is 3.76. The average Bonchev–Trinajstić information content (AvgIpc) is 2.49. The minimum atomic E-state index is -0.00907. The van der Waals surface area contributed by atoms with Crippen molar-refractivity contribution in [2.24, 2.45) is 0 Å². The molecule has 0 aliphatic rings. The number of benzene rings is 2. The van der Waals surface area contributed by atoms with Crippen molar-refractivity contribution in [1.29, 1.82) is 0 Å². The average molecular weight is 451 g/mol. The SMILES string of the molecule is Cc1ccc(C(CBr)(CBr)Cc2ccc(Cl)c(Cl)c2)cc1. The summed E-state index contributed by atoms with van der Waals surface area (Å²) in [4.78, 5) is 0. The third-order valence-corrected chi connectivity index (χ3v) is 6.59. The van der Waals surface area contributed by atoms with Gasteiger partial charge in [-0.3, -0.25) is 0 Å². The molecule has 2 rings (SSSR count). The highest BCUT2D eigenvalue weighted by Gasteiger charge is 2.30. The molecule has 0 aliphatic carbocycles. The number of aryl methyl sites for hydroxylation is 1. The maximum Gasteiger partial charge on any atom is 0.0595 e. The highest BCUT2D eigenvalue weighted by Crippen LogP contribution is 2.34. The van der Waals surface area contributed by atoms with Crippen molar-refractivity contribution in [3.05, 3.63) is 69.2 Å². The highest BCUT2D eigenvalue weighted by molar-refractivity contribution is 9.09. The molecule has 0 spiro atoms. The molecule has 2 aromatic carbocycles. The Morgan fingerprint density at radius 2 is 1.52 bits per heavy atom. The Hall–Kier alpha value is -0.0200. The van der Waals surface area contributed by atoms with E-state index in [0.717, 1.165) is 17.1 Å². The summed E-state index contributed by atoms with van der Waals surface area (Å²) in [6.07, 6.45) is 0.892. The van der Waals surface area contributed by atoms with Gasteiger partial charge in [0.25, 0.3) is 0 Å². The lowest BCUT2D eigenvalue weighted by Crippen LogP contribution is -2.33. The van der Waals surface area contributed by atoms with Crippen molar-refractivity contribution in [3.63, 3.8) is 0 Å². The van der Waals surface area contributed by atoms with Gasteiger partial charge in [-0.05, 0) is 36.6 Å². The molecule has 112 valence electrons. The zero-order valence-corrected chi connectivity index (χ0v) is 16.4. The van der Waals surface area contributed by atoms with Crippen LogP contribution in [0.5, 0.6) is 0 Å². The lowest BCUT2D eigenvalue weighted by molar-refractivity contribution is 0.551. The summed E-state index contributed by atoms with van der Waals surface area (Å²) in [6.45, 7) is 2.10. The lowest BCUT2D eigenvalue weighted by Gasteiger charge is -2.31. The van der Waals surface area contributed by atoms with Gasteiger partial charge < -0.3 is 0 Å². The quantitative estimate of drug-likeness (QED) is 0.452. The van der Waals surface area contributed by atoms with Crippen LogP contribution in [0.15, 0.2) is 42.5 Å². The molecule has 0 aromatic heterocycles. The van der Waals surface area contributed by atoms with Gasteiger partial charge in [0.05, 0.1) is 10.0 Å². The van der Waals surface area contributed by atoms with E-state index in [2.05, 4.69) is 63.0 Å². The van der Waals surface area contributed by atoms with Crippen LogP contribution in [0, 0.1) is 6.92 Å². The van der Waals surface area contributed by atoms with Gasteiger partial charge in [-0.15, -0.1) is 0 Å². The fourth-order valence-electron chi connectivity index (χ4n) is 2.33. The zero-order chi connectivity index (χ0) is 15.5. The van der Waals surface area contributed by atoms with E-state index < -0.39 is 0 Å². The Labute approximate surface area is 153 Å². The first kappa shape index (κ1) is 17.3. The predicted octanol–water partition coefficient (Wildman–Crippen LogP) is 6.57.